The molecule has 0 aromatic heterocycles. The number of likely N-dealkylation sites (tertiary alicyclic amines) is 1. The third-order valence-corrected chi connectivity index (χ3v) is 10.7. The van der Waals surface area contributed by atoms with E-state index in [1.54, 1.807) is 0 Å². The Morgan fingerprint density at radius 1 is 1.19 bits per heavy atom. The zero-order valence-electron chi connectivity index (χ0n) is 17.4. The van der Waals surface area contributed by atoms with Crippen molar-refractivity contribution in [3.63, 3.8) is 0 Å². The number of ether oxygens (including phenoxy) is 2. The summed E-state index contributed by atoms with van der Waals surface area (Å²) in [4.78, 5) is 26.9. The van der Waals surface area contributed by atoms with Crippen molar-refractivity contribution in [2.24, 2.45) is 5.41 Å². The predicted octanol–water partition coefficient (Wildman–Crippen LogP) is 3.95. The van der Waals surface area contributed by atoms with Crippen LogP contribution in [0.15, 0.2) is 0 Å². The third kappa shape index (κ3) is 3.71. The number of nitrogens with zero attached hydrogens (tertiary/aromatic N) is 1. The molecule has 0 spiro atoms. The largest absolute Gasteiger partial charge is 0.443 e. The van der Waals surface area contributed by atoms with Crippen molar-refractivity contribution in [2.75, 3.05) is 13.2 Å². The van der Waals surface area contributed by atoms with E-state index in [1.165, 1.54) is 4.90 Å². The van der Waals surface area contributed by atoms with E-state index in [9.17, 15) is 9.59 Å². The Morgan fingerprint density at radius 2 is 1.73 bits per heavy atom. The monoisotopic (exact) mass is 385 g/mol. The van der Waals surface area contributed by atoms with Crippen LogP contribution in [0.2, 0.25) is 18.1 Å². The Kier molecular flexibility index (Phi) is 6.25. The molecule has 0 N–H and O–H groups in total. The normalized spacial score (nSPS) is 25.5. The molecular weight excluding hydrogens is 350 g/mol. The summed E-state index contributed by atoms with van der Waals surface area (Å²) in [6.45, 7) is 15.1. The van der Waals surface area contributed by atoms with Gasteiger partial charge in [0.15, 0.2) is 8.32 Å². The highest BCUT2D eigenvalue weighted by molar-refractivity contribution is 6.73. The molecule has 2 heterocycles. The van der Waals surface area contributed by atoms with Gasteiger partial charge in [-0.2, -0.15) is 0 Å². The minimum atomic E-state index is -1.97. The highest BCUT2D eigenvalue weighted by Crippen LogP contribution is 2.46. The van der Waals surface area contributed by atoms with Gasteiger partial charge in [-0.05, 0) is 45.3 Å². The molecule has 0 aliphatic carbocycles. The molecule has 0 saturated carbocycles. The quantitative estimate of drug-likeness (QED) is 0.490. The first-order chi connectivity index (χ1) is 12.1. The SMILES string of the molecule is CCC1([C@@H]2[C@H](O[Si](CC)(CC)CC)C(=O)N2C(=O)OC(C)(C)C)COC1. The first-order valence-corrected chi connectivity index (χ1v) is 12.4. The van der Waals surface area contributed by atoms with Crippen molar-refractivity contribution in [3.8, 4) is 0 Å². The molecule has 26 heavy (non-hydrogen) atoms. The lowest BCUT2D eigenvalue weighted by atomic mass is 9.69. The molecule has 6 nitrogen and oxygen atoms in total. The summed E-state index contributed by atoms with van der Waals surface area (Å²) in [6, 6.07) is 2.62. The number of imide groups is 1. The second kappa shape index (κ2) is 7.60. The maximum atomic E-state index is 12.9. The van der Waals surface area contributed by atoms with Crippen molar-refractivity contribution >= 4 is 20.3 Å². The summed E-state index contributed by atoms with van der Waals surface area (Å²) < 4.78 is 17.5. The summed E-state index contributed by atoms with van der Waals surface area (Å²) in [5.41, 5.74) is -0.858. The van der Waals surface area contributed by atoms with Gasteiger partial charge < -0.3 is 13.9 Å². The number of rotatable bonds is 7. The summed E-state index contributed by atoms with van der Waals surface area (Å²) in [7, 11) is -1.97. The number of β-lactam (4-membered cyclic amide) rings is 1. The van der Waals surface area contributed by atoms with Crippen LogP contribution in [0.3, 0.4) is 0 Å². The van der Waals surface area contributed by atoms with E-state index >= 15 is 0 Å². The van der Waals surface area contributed by atoms with Gasteiger partial charge in [0, 0.05) is 5.41 Å². The van der Waals surface area contributed by atoms with E-state index in [-0.39, 0.29) is 17.4 Å². The Hall–Kier alpha value is -0.923. The first-order valence-electron chi connectivity index (χ1n) is 9.90. The highest BCUT2D eigenvalue weighted by Gasteiger charge is 2.64. The van der Waals surface area contributed by atoms with Crippen LogP contribution in [-0.2, 0) is 18.7 Å². The van der Waals surface area contributed by atoms with Gasteiger partial charge in [0.25, 0.3) is 5.91 Å². The van der Waals surface area contributed by atoms with Crippen molar-refractivity contribution in [2.45, 2.75) is 90.8 Å². The summed E-state index contributed by atoms with van der Waals surface area (Å²) in [5, 5.41) is 0. The molecular formula is C19H35NO5Si. The number of hydrogen-bond donors (Lipinski definition) is 0. The molecule has 7 heteroatoms. The van der Waals surface area contributed by atoms with E-state index in [2.05, 4.69) is 27.7 Å². The van der Waals surface area contributed by atoms with E-state index in [4.69, 9.17) is 13.9 Å². The van der Waals surface area contributed by atoms with E-state index < -0.39 is 26.1 Å². The topological polar surface area (TPSA) is 65.1 Å². The molecule has 2 atom stereocenters. The van der Waals surface area contributed by atoms with Crippen molar-refractivity contribution in [3.05, 3.63) is 0 Å². The van der Waals surface area contributed by atoms with Crippen LogP contribution in [0.1, 0.15) is 54.9 Å². The molecule has 2 rings (SSSR count). The van der Waals surface area contributed by atoms with Crippen LogP contribution >= 0.6 is 0 Å². The lowest BCUT2D eigenvalue weighted by Crippen LogP contribution is -2.77. The second-order valence-electron chi connectivity index (χ2n) is 8.62. The van der Waals surface area contributed by atoms with Gasteiger partial charge in [-0.15, -0.1) is 0 Å². The highest BCUT2D eigenvalue weighted by atomic mass is 28.4. The maximum absolute atomic E-state index is 12.9. The van der Waals surface area contributed by atoms with Crippen molar-refractivity contribution in [1.82, 2.24) is 4.90 Å². The fourth-order valence-corrected chi connectivity index (χ4v) is 6.67. The fraction of sp³-hybridized carbons (Fsp3) is 0.895. The Labute approximate surface area is 158 Å². The molecule has 0 bridgehead atoms. The molecule has 0 aromatic rings. The lowest BCUT2D eigenvalue weighted by Gasteiger charge is -2.58. The predicted molar refractivity (Wildman–Crippen MR) is 102 cm³/mol. The smallest absolute Gasteiger partial charge is 0.417 e. The van der Waals surface area contributed by atoms with Gasteiger partial charge in [0.2, 0.25) is 0 Å². The maximum Gasteiger partial charge on any atom is 0.417 e. The molecule has 0 unspecified atom stereocenters. The molecule has 2 saturated heterocycles. The molecule has 150 valence electrons. The van der Waals surface area contributed by atoms with Crippen LogP contribution in [0.5, 0.6) is 0 Å². The van der Waals surface area contributed by atoms with E-state index in [0.717, 1.165) is 24.6 Å². The minimum absolute atomic E-state index is 0.217. The molecule has 2 amide bonds. The van der Waals surface area contributed by atoms with Crippen LogP contribution in [0.4, 0.5) is 4.79 Å². The number of amides is 2. The Balaban J connectivity index is 2.29. The second-order valence-corrected chi connectivity index (χ2v) is 13.3. The van der Waals surface area contributed by atoms with Gasteiger partial charge in [0.1, 0.15) is 11.7 Å². The third-order valence-electron chi connectivity index (χ3n) is 6.06. The van der Waals surface area contributed by atoms with Crippen LogP contribution < -0.4 is 0 Å². The van der Waals surface area contributed by atoms with Crippen molar-refractivity contribution in [1.29, 1.82) is 0 Å². The van der Waals surface area contributed by atoms with Gasteiger partial charge in [0.05, 0.1) is 19.3 Å². The Bertz CT molecular complexity index is 523. The fourth-order valence-electron chi connectivity index (χ4n) is 3.90. The lowest BCUT2D eigenvalue weighted by molar-refractivity contribution is -0.211. The zero-order chi connectivity index (χ0) is 19.8. The average molecular weight is 386 g/mol. The number of carbonyl (C=O) groups excluding carboxylic acids is 2. The van der Waals surface area contributed by atoms with Crippen LogP contribution in [-0.4, -0.2) is 56.2 Å². The van der Waals surface area contributed by atoms with Gasteiger partial charge in [-0.1, -0.05) is 27.7 Å². The summed E-state index contributed by atoms with van der Waals surface area (Å²) >= 11 is 0. The molecule has 2 aliphatic rings. The first kappa shape index (κ1) is 21.4. The van der Waals surface area contributed by atoms with Crippen LogP contribution in [0.25, 0.3) is 0 Å². The van der Waals surface area contributed by atoms with Gasteiger partial charge in [-0.25, -0.2) is 9.69 Å². The van der Waals surface area contributed by atoms with Gasteiger partial charge >= 0.3 is 6.09 Å². The molecule has 2 fully saturated rings. The van der Waals surface area contributed by atoms with Gasteiger partial charge in [-0.3, -0.25) is 4.79 Å². The molecule has 0 aromatic carbocycles. The summed E-state index contributed by atoms with van der Waals surface area (Å²) in [5.74, 6) is -0.254. The van der Waals surface area contributed by atoms with E-state index in [0.29, 0.717) is 13.2 Å². The molecule has 0 radical (unpaired) electrons. The molecule has 2 aliphatic heterocycles. The Morgan fingerprint density at radius 3 is 2.08 bits per heavy atom. The van der Waals surface area contributed by atoms with E-state index in [1.807, 2.05) is 20.8 Å². The summed E-state index contributed by atoms with van der Waals surface area (Å²) in [6.07, 6.45) is -0.273. The number of hydrogen-bond acceptors (Lipinski definition) is 5. The average Bonchev–Trinajstić information content (AvgIpc) is 2.53. The number of carbonyl (C=O) groups is 2. The zero-order valence-corrected chi connectivity index (χ0v) is 18.4. The standard InChI is InChI=1S/C19H35NO5Si/c1-8-19(12-23-13-19)15-14(25-26(9-2,10-3)11-4)16(21)20(15)17(22)24-18(5,6)7/h14-15H,8-13H2,1-7H3/t14-,15-/m0/s1. The van der Waals surface area contributed by atoms with Crippen LogP contribution in [0, 0.1) is 5.41 Å². The minimum Gasteiger partial charge on any atom is -0.443 e. The van der Waals surface area contributed by atoms with Crippen molar-refractivity contribution < 1.29 is 23.5 Å².